The fraction of sp³-hybridized carbons (Fsp3) is 0. The number of pyridine rings is 1. The van der Waals surface area contributed by atoms with Crippen LogP contribution < -0.4 is 0 Å². The molecule has 0 saturated heterocycles. The van der Waals surface area contributed by atoms with Crippen molar-refractivity contribution >= 4 is 15.9 Å². The average Bonchev–Trinajstić information content (AvgIpc) is 2.54. The Labute approximate surface area is 77.4 Å². The van der Waals surface area contributed by atoms with Gasteiger partial charge in [0.25, 0.3) is 0 Å². The SMILES string of the molecule is Brc1cnn(-c2ccncc2)n1. The molecule has 5 heteroatoms. The average molecular weight is 225 g/mol. The number of hydrogen-bond donors (Lipinski definition) is 0. The Hall–Kier alpha value is -1.23. The van der Waals surface area contributed by atoms with Gasteiger partial charge in [-0.05, 0) is 28.1 Å². The molecule has 60 valence electrons. The van der Waals surface area contributed by atoms with Crippen molar-refractivity contribution in [2.45, 2.75) is 0 Å². The Balaban J connectivity index is 2.45. The quantitative estimate of drug-likeness (QED) is 0.737. The molecule has 0 radical (unpaired) electrons. The van der Waals surface area contributed by atoms with Crippen molar-refractivity contribution < 1.29 is 0 Å². The van der Waals surface area contributed by atoms with E-state index in [9.17, 15) is 0 Å². The summed E-state index contributed by atoms with van der Waals surface area (Å²) in [5, 5.41) is 8.09. The van der Waals surface area contributed by atoms with E-state index in [0.717, 1.165) is 10.3 Å². The normalized spacial score (nSPS) is 10.1. The smallest absolute Gasteiger partial charge is 0.148 e. The second kappa shape index (κ2) is 3.02. The highest BCUT2D eigenvalue weighted by molar-refractivity contribution is 9.10. The summed E-state index contributed by atoms with van der Waals surface area (Å²) in [6, 6.07) is 3.68. The predicted molar refractivity (Wildman–Crippen MR) is 46.9 cm³/mol. The van der Waals surface area contributed by atoms with E-state index in [4.69, 9.17) is 0 Å². The first-order valence-corrected chi connectivity index (χ1v) is 4.14. The van der Waals surface area contributed by atoms with Crippen LogP contribution in [0.2, 0.25) is 0 Å². The van der Waals surface area contributed by atoms with Crippen molar-refractivity contribution in [2.75, 3.05) is 0 Å². The largest absolute Gasteiger partial charge is 0.265 e. The summed E-state index contributed by atoms with van der Waals surface area (Å²) >= 11 is 3.22. The van der Waals surface area contributed by atoms with Crippen LogP contribution in [0.25, 0.3) is 5.69 Å². The molecule has 2 aromatic rings. The molecule has 0 bridgehead atoms. The Bertz CT molecular complexity index is 370. The maximum atomic E-state index is 4.08. The minimum atomic E-state index is 0.722. The first-order valence-electron chi connectivity index (χ1n) is 3.34. The van der Waals surface area contributed by atoms with Gasteiger partial charge in [-0.2, -0.15) is 9.90 Å². The molecule has 0 atom stereocenters. The molecule has 0 spiro atoms. The molecule has 0 N–H and O–H groups in total. The van der Waals surface area contributed by atoms with Gasteiger partial charge in [-0.25, -0.2) is 0 Å². The van der Waals surface area contributed by atoms with E-state index in [1.165, 1.54) is 4.80 Å². The van der Waals surface area contributed by atoms with Gasteiger partial charge in [0.05, 0.1) is 11.9 Å². The van der Waals surface area contributed by atoms with Gasteiger partial charge in [0, 0.05) is 12.4 Å². The first-order chi connectivity index (χ1) is 5.86. The summed E-state index contributed by atoms with van der Waals surface area (Å²) in [7, 11) is 0. The van der Waals surface area contributed by atoms with Gasteiger partial charge in [-0.15, -0.1) is 5.10 Å². The molecule has 2 rings (SSSR count). The molecule has 2 heterocycles. The highest BCUT2D eigenvalue weighted by Crippen LogP contribution is 2.06. The van der Waals surface area contributed by atoms with E-state index in [0.29, 0.717) is 0 Å². The van der Waals surface area contributed by atoms with Crippen molar-refractivity contribution in [3.05, 3.63) is 35.3 Å². The summed E-state index contributed by atoms with van der Waals surface area (Å²) < 4.78 is 0.722. The Morgan fingerprint density at radius 1 is 1.25 bits per heavy atom. The lowest BCUT2D eigenvalue weighted by Gasteiger charge is -1.95. The van der Waals surface area contributed by atoms with Crippen LogP contribution in [0.4, 0.5) is 0 Å². The third kappa shape index (κ3) is 1.35. The van der Waals surface area contributed by atoms with Gasteiger partial charge in [0.2, 0.25) is 0 Å². The molecular weight excluding hydrogens is 220 g/mol. The Morgan fingerprint density at radius 3 is 2.58 bits per heavy atom. The predicted octanol–water partition coefficient (Wildman–Crippen LogP) is 1.42. The summed E-state index contributed by atoms with van der Waals surface area (Å²) in [6.07, 6.45) is 5.04. The number of rotatable bonds is 1. The van der Waals surface area contributed by atoms with Crippen LogP contribution in [0.5, 0.6) is 0 Å². The van der Waals surface area contributed by atoms with E-state index in [1.54, 1.807) is 18.6 Å². The molecule has 0 aliphatic carbocycles. The van der Waals surface area contributed by atoms with Crippen molar-refractivity contribution in [3.63, 3.8) is 0 Å². The molecule has 0 fully saturated rings. The number of aromatic nitrogens is 4. The minimum absolute atomic E-state index is 0.722. The van der Waals surface area contributed by atoms with E-state index in [2.05, 4.69) is 31.1 Å². The van der Waals surface area contributed by atoms with Gasteiger partial charge in [-0.3, -0.25) is 4.98 Å². The molecule has 0 saturated carbocycles. The molecular formula is C7H5BrN4. The molecule has 0 aromatic carbocycles. The molecule has 4 nitrogen and oxygen atoms in total. The van der Waals surface area contributed by atoms with Gasteiger partial charge in [0.1, 0.15) is 4.60 Å². The maximum absolute atomic E-state index is 4.08. The maximum Gasteiger partial charge on any atom is 0.148 e. The summed E-state index contributed by atoms with van der Waals surface area (Å²) in [6.45, 7) is 0. The second-order valence-electron chi connectivity index (χ2n) is 2.16. The van der Waals surface area contributed by atoms with Crippen molar-refractivity contribution in [3.8, 4) is 5.69 Å². The lowest BCUT2D eigenvalue weighted by atomic mass is 10.4. The number of nitrogens with zero attached hydrogens (tertiary/aromatic N) is 4. The highest BCUT2D eigenvalue weighted by Gasteiger charge is 1.97. The summed E-state index contributed by atoms with van der Waals surface area (Å²) in [4.78, 5) is 5.43. The fourth-order valence-corrected chi connectivity index (χ4v) is 1.09. The molecule has 0 aliphatic rings. The topological polar surface area (TPSA) is 43.6 Å². The van der Waals surface area contributed by atoms with E-state index in [1.807, 2.05) is 12.1 Å². The van der Waals surface area contributed by atoms with Crippen molar-refractivity contribution in [2.24, 2.45) is 0 Å². The summed E-state index contributed by atoms with van der Waals surface area (Å²) in [5.41, 5.74) is 0.899. The minimum Gasteiger partial charge on any atom is -0.265 e. The third-order valence-electron chi connectivity index (χ3n) is 1.36. The van der Waals surface area contributed by atoms with Crippen molar-refractivity contribution in [1.29, 1.82) is 0 Å². The lowest BCUT2D eigenvalue weighted by molar-refractivity contribution is 0.746. The monoisotopic (exact) mass is 224 g/mol. The van der Waals surface area contributed by atoms with E-state index < -0.39 is 0 Å². The number of halogens is 1. The third-order valence-corrected chi connectivity index (χ3v) is 1.72. The first kappa shape index (κ1) is 7.42. The van der Waals surface area contributed by atoms with Crippen LogP contribution in [0.3, 0.4) is 0 Å². The lowest BCUT2D eigenvalue weighted by Crippen LogP contribution is -1.97. The van der Waals surface area contributed by atoms with Gasteiger partial charge >= 0.3 is 0 Å². The zero-order chi connectivity index (χ0) is 8.39. The molecule has 2 aromatic heterocycles. The van der Waals surface area contributed by atoms with Crippen LogP contribution in [0.1, 0.15) is 0 Å². The second-order valence-corrected chi connectivity index (χ2v) is 2.97. The van der Waals surface area contributed by atoms with E-state index >= 15 is 0 Å². The van der Waals surface area contributed by atoms with Crippen LogP contribution in [-0.4, -0.2) is 20.0 Å². The van der Waals surface area contributed by atoms with Crippen LogP contribution in [-0.2, 0) is 0 Å². The molecule has 0 aliphatic heterocycles. The highest BCUT2D eigenvalue weighted by atomic mass is 79.9. The fourth-order valence-electron chi connectivity index (χ4n) is 0.846. The van der Waals surface area contributed by atoms with Crippen LogP contribution >= 0.6 is 15.9 Å². The molecule has 12 heavy (non-hydrogen) atoms. The molecule has 0 unspecified atom stereocenters. The van der Waals surface area contributed by atoms with Gasteiger partial charge in [-0.1, -0.05) is 0 Å². The van der Waals surface area contributed by atoms with E-state index in [-0.39, 0.29) is 0 Å². The molecule has 0 amide bonds. The zero-order valence-corrected chi connectivity index (χ0v) is 7.64. The zero-order valence-electron chi connectivity index (χ0n) is 6.05. The Kier molecular flexibility index (Phi) is 1.87. The van der Waals surface area contributed by atoms with Crippen LogP contribution in [0, 0.1) is 0 Å². The van der Waals surface area contributed by atoms with Crippen molar-refractivity contribution in [1.82, 2.24) is 20.0 Å². The summed E-state index contributed by atoms with van der Waals surface area (Å²) in [5.74, 6) is 0. The van der Waals surface area contributed by atoms with Gasteiger partial charge < -0.3 is 0 Å². The standard InChI is InChI=1S/C7H5BrN4/c8-7-5-10-12(11-7)6-1-3-9-4-2-6/h1-5H. The van der Waals surface area contributed by atoms with Crippen LogP contribution in [0.15, 0.2) is 35.3 Å². The Morgan fingerprint density at radius 2 is 2.00 bits per heavy atom. The number of hydrogen-bond acceptors (Lipinski definition) is 3. The van der Waals surface area contributed by atoms with Gasteiger partial charge in [0.15, 0.2) is 0 Å².